The minimum absolute atomic E-state index is 0.0226. The zero-order valence-corrected chi connectivity index (χ0v) is 22.5. The van der Waals surface area contributed by atoms with E-state index in [0.717, 1.165) is 21.9 Å². The monoisotopic (exact) mass is 582 g/mol. The summed E-state index contributed by atoms with van der Waals surface area (Å²) >= 11 is 0. The second-order valence-electron chi connectivity index (χ2n) is 9.08. The average Bonchev–Trinajstić information content (AvgIpc) is 3.28. The number of rotatable bonds is 9. The van der Waals surface area contributed by atoms with Crippen molar-refractivity contribution < 1.29 is 41.7 Å². The summed E-state index contributed by atoms with van der Waals surface area (Å²) in [6.45, 7) is -0.394. The first-order valence-electron chi connectivity index (χ1n) is 12.6. The smallest absolute Gasteiger partial charge is 0.416 e. The SMILES string of the molecule is COc1cc2nccc(Oc3ccc(N4C(=O)CN(c5cc(OCCN)cc(C(F)(F)F)c5)C4=O)cc3)c2cc1OC. The molecule has 1 aliphatic rings. The summed E-state index contributed by atoms with van der Waals surface area (Å²) in [5.74, 6) is 1.15. The van der Waals surface area contributed by atoms with Crippen molar-refractivity contribution in [1.29, 1.82) is 0 Å². The first-order chi connectivity index (χ1) is 20.1. The van der Waals surface area contributed by atoms with Gasteiger partial charge in [-0.2, -0.15) is 13.2 Å². The van der Waals surface area contributed by atoms with Gasteiger partial charge in [0.2, 0.25) is 0 Å². The highest BCUT2D eigenvalue weighted by Crippen LogP contribution is 2.39. The lowest BCUT2D eigenvalue weighted by molar-refractivity contribution is -0.137. The van der Waals surface area contributed by atoms with Gasteiger partial charge in [0.15, 0.2) is 11.5 Å². The quantitative estimate of drug-likeness (QED) is 0.262. The number of pyridine rings is 1. The second kappa shape index (κ2) is 11.4. The van der Waals surface area contributed by atoms with Gasteiger partial charge in [-0.05, 0) is 48.5 Å². The first kappa shape index (κ1) is 28.5. The number of alkyl halides is 3. The number of methoxy groups -OCH3 is 2. The summed E-state index contributed by atoms with van der Waals surface area (Å²) in [5, 5.41) is 0.663. The number of nitrogens with two attached hydrogens (primary N) is 1. The molecular formula is C29H25F3N4O6. The Morgan fingerprint density at radius 1 is 0.881 bits per heavy atom. The van der Waals surface area contributed by atoms with Crippen LogP contribution >= 0.6 is 0 Å². The lowest BCUT2D eigenvalue weighted by Crippen LogP contribution is -2.33. The third kappa shape index (κ3) is 5.59. The number of hydrogen-bond acceptors (Lipinski definition) is 8. The van der Waals surface area contributed by atoms with Crippen LogP contribution in [0, 0.1) is 0 Å². The molecule has 10 nitrogen and oxygen atoms in total. The third-order valence-electron chi connectivity index (χ3n) is 6.41. The van der Waals surface area contributed by atoms with Gasteiger partial charge in [0.1, 0.15) is 30.4 Å². The Hall–Kier alpha value is -5.04. The van der Waals surface area contributed by atoms with E-state index >= 15 is 0 Å². The van der Waals surface area contributed by atoms with E-state index in [2.05, 4.69) is 4.98 Å². The number of amides is 3. The van der Waals surface area contributed by atoms with Gasteiger partial charge in [0, 0.05) is 30.3 Å². The number of carbonyl (C=O) groups is 2. The highest BCUT2D eigenvalue weighted by Gasteiger charge is 2.40. The fraction of sp³-hybridized carbons (Fsp3) is 0.207. The Morgan fingerprint density at radius 2 is 1.60 bits per heavy atom. The number of hydrogen-bond donors (Lipinski definition) is 1. The van der Waals surface area contributed by atoms with Gasteiger partial charge in [-0.1, -0.05) is 0 Å². The molecule has 0 aliphatic carbocycles. The topological polar surface area (TPSA) is 116 Å². The van der Waals surface area contributed by atoms with E-state index in [-0.39, 0.29) is 30.3 Å². The second-order valence-corrected chi connectivity index (χ2v) is 9.08. The predicted octanol–water partition coefficient (Wildman–Crippen LogP) is 5.37. The molecule has 2 N–H and O–H groups in total. The lowest BCUT2D eigenvalue weighted by atomic mass is 10.1. The van der Waals surface area contributed by atoms with Crippen LogP contribution in [0.5, 0.6) is 28.7 Å². The van der Waals surface area contributed by atoms with E-state index in [1.165, 1.54) is 32.4 Å². The Balaban J connectivity index is 1.39. The minimum atomic E-state index is -4.70. The lowest BCUT2D eigenvalue weighted by Gasteiger charge is -2.20. The number of urea groups is 1. The van der Waals surface area contributed by atoms with Crippen LogP contribution in [-0.2, 0) is 11.0 Å². The molecule has 0 radical (unpaired) electrons. The molecule has 1 aromatic heterocycles. The fourth-order valence-corrected chi connectivity index (χ4v) is 4.45. The molecule has 13 heteroatoms. The number of halogens is 3. The molecule has 0 spiro atoms. The maximum Gasteiger partial charge on any atom is 0.416 e. The third-order valence-corrected chi connectivity index (χ3v) is 6.41. The maximum atomic E-state index is 13.5. The molecule has 2 heterocycles. The van der Waals surface area contributed by atoms with Crippen molar-refractivity contribution in [2.24, 2.45) is 5.73 Å². The Bertz CT molecular complexity index is 1650. The van der Waals surface area contributed by atoms with E-state index in [1.54, 1.807) is 36.5 Å². The van der Waals surface area contributed by atoms with Gasteiger partial charge in [-0.3, -0.25) is 14.7 Å². The maximum absolute atomic E-state index is 13.5. The van der Waals surface area contributed by atoms with Crippen LogP contribution in [0.2, 0.25) is 0 Å². The molecule has 3 amide bonds. The zero-order valence-electron chi connectivity index (χ0n) is 22.5. The van der Waals surface area contributed by atoms with Crippen LogP contribution in [0.4, 0.5) is 29.3 Å². The van der Waals surface area contributed by atoms with Gasteiger partial charge in [-0.15, -0.1) is 0 Å². The van der Waals surface area contributed by atoms with Crippen LogP contribution in [0.25, 0.3) is 10.9 Å². The number of fused-ring (bicyclic) bond motifs is 1. The number of imide groups is 1. The number of ether oxygens (including phenoxy) is 4. The molecule has 5 rings (SSSR count). The molecule has 0 saturated carbocycles. The van der Waals surface area contributed by atoms with Gasteiger partial charge in [-0.25, -0.2) is 9.69 Å². The Labute approximate surface area is 237 Å². The molecular weight excluding hydrogens is 557 g/mol. The van der Waals surface area contributed by atoms with Crippen molar-refractivity contribution in [3.63, 3.8) is 0 Å². The van der Waals surface area contributed by atoms with Crippen LogP contribution in [-0.4, -0.2) is 50.8 Å². The molecule has 0 atom stereocenters. The van der Waals surface area contributed by atoms with Crippen LogP contribution in [0.15, 0.2) is 66.9 Å². The van der Waals surface area contributed by atoms with Crippen LogP contribution in [0.1, 0.15) is 5.56 Å². The number of anilines is 2. The van der Waals surface area contributed by atoms with Crippen molar-refractivity contribution >= 4 is 34.2 Å². The number of nitrogens with zero attached hydrogens (tertiary/aromatic N) is 3. The molecule has 1 saturated heterocycles. The van der Waals surface area contributed by atoms with Crippen molar-refractivity contribution in [2.45, 2.75) is 6.18 Å². The summed E-state index contributed by atoms with van der Waals surface area (Å²) in [5.41, 5.74) is 5.08. The molecule has 0 bridgehead atoms. The van der Waals surface area contributed by atoms with Crippen molar-refractivity contribution in [2.75, 3.05) is 43.7 Å². The molecule has 3 aromatic carbocycles. The van der Waals surface area contributed by atoms with E-state index < -0.39 is 30.2 Å². The summed E-state index contributed by atoms with van der Waals surface area (Å²) in [6.07, 6.45) is -3.12. The molecule has 0 unspecified atom stereocenters. The van der Waals surface area contributed by atoms with Crippen molar-refractivity contribution in [3.05, 3.63) is 72.4 Å². The number of carbonyl (C=O) groups excluding carboxylic acids is 2. The summed E-state index contributed by atoms with van der Waals surface area (Å²) in [4.78, 5) is 32.3. The van der Waals surface area contributed by atoms with Gasteiger partial charge < -0.3 is 24.7 Å². The fourth-order valence-electron chi connectivity index (χ4n) is 4.45. The Kier molecular flexibility index (Phi) is 7.77. The standard InChI is InChI=1S/C29H25F3N4O6/c1-39-25-14-22-23(15-26(25)40-2)34-9-7-24(22)42-20-5-3-18(4-6-20)36-27(37)16-35(28(36)38)19-11-17(29(30,31)32)12-21(13-19)41-10-8-33/h3-7,9,11-15H,8,10,16,33H2,1-2H3. The zero-order chi connectivity index (χ0) is 30.0. The molecule has 1 fully saturated rings. The predicted molar refractivity (Wildman–Crippen MR) is 148 cm³/mol. The van der Waals surface area contributed by atoms with Gasteiger partial charge in [0.05, 0.1) is 36.7 Å². The van der Waals surface area contributed by atoms with E-state index in [4.69, 9.17) is 24.7 Å². The average molecular weight is 583 g/mol. The van der Waals surface area contributed by atoms with Gasteiger partial charge in [0.25, 0.3) is 5.91 Å². The summed E-state index contributed by atoms with van der Waals surface area (Å²) in [7, 11) is 3.04. The Morgan fingerprint density at radius 3 is 2.26 bits per heavy atom. The van der Waals surface area contributed by atoms with E-state index in [0.29, 0.717) is 33.9 Å². The first-order valence-corrected chi connectivity index (χ1v) is 12.6. The highest BCUT2D eigenvalue weighted by molar-refractivity contribution is 6.27. The minimum Gasteiger partial charge on any atom is -0.493 e. The summed E-state index contributed by atoms with van der Waals surface area (Å²) in [6, 6.07) is 13.3. The van der Waals surface area contributed by atoms with Crippen molar-refractivity contribution in [1.82, 2.24) is 4.98 Å². The van der Waals surface area contributed by atoms with Gasteiger partial charge >= 0.3 is 12.2 Å². The number of benzene rings is 3. The normalized spacial score (nSPS) is 13.6. The van der Waals surface area contributed by atoms with E-state index in [1.807, 2.05) is 0 Å². The van der Waals surface area contributed by atoms with Crippen molar-refractivity contribution in [3.8, 4) is 28.7 Å². The molecule has 42 heavy (non-hydrogen) atoms. The summed E-state index contributed by atoms with van der Waals surface area (Å²) < 4.78 is 62.7. The molecule has 1 aliphatic heterocycles. The van der Waals surface area contributed by atoms with Crippen LogP contribution in [0.3, 0.4) is 0 Å². The van der Waals surface area contributed by atoms with E-state index in [9.17, 15) is 22.8 Å². The largest absolute Gasteiger partial charge is 0.493 e. The van der Waals surface area contributed by atoms with Crippen LogP contribution < -0.4 is 34.5 Å². The molecule has 218 valence electrons. The molecule has 4 aromatic rings. The highest BCUT2D eigenvalue weighted by atomic mass is 19.4. The number of aromatic nitrogens is 1.